The maximum Gasteiger partial charge on any atom is 0.153 e. The molecule has 4 nitrogen and oxygen atoms in total. The fourth-order valence-electron chi connectivity index (χ4n) is 1.73. The molecule has 0 atom stereocenters. The Kier molecular flexibility index (Phi) is 4.12. The van der Waals surface area contributed by atoms with Crippen LogP contribution in [0.15, 0.2) is 18.2 Å². The van der Waals surface area contributed by atoms with Crippen molar-refractivity contribution in [2.24, 2.45) is 7.05 Å². The van der Waals surface area contributed by atoms with Crippen LogP contribution in [0.1, 0.15) is 21.6 Å². The van der Waals surface area contributed by atoms with E-state index in [1.807, 2.05) is 6.92 Å². The first-order valence-corrected chi connectivity index (χ1v) is 6.34. The van der Waals surface area contributed by atoms with Crippen molar-refractivity contribution >= 4 is 29.5 Å². The maximum absolute atomic E-state index is 10.9. The SMILES string of the molecule is Cc1nn(C)c(Cl)c1COc1ccc(Cl)cc1C=O. The quantitative estimate of drug-likeness (QED) is 0.812. The zero-order valence-corrected chi connectivity index (χ0v) is 12.0. The Morgan fingerprint density at radius 2 is 2.16 bits per heavy atom. The summed E-state index contributed by atoms with van der Waals surface area (Å²) in [6, 6.07) is 4.88. The summed E-state index contributed by atoms with van der Waals surface area (Å²) in [6.07, 6.45) is 0.707. The molecule has 2 rings (SSSR count). The number of hydrogen-bond donors (Lipinski definition) is 0. The smallest absolute Gasteiger partial charge is 0.153 e. The molecule has 2 aromatic rings. The molecule has 0 aliphatic carbocycles. The molecule has 1 heterocycles. The van der Waals surface area contributed by atoms with E-state index in [9.17, 15) is 4.79 Å². The van der Waals surface area contributed by atoms with Crippen molar-refractivity contribution in [3.8, 4) is 5.75 Å². The molecule has 100 valence electrons. The van der Waals surface area contributed by atoms with Gasteiger partial charge < -0.3 is 4.74 Å². The molecule has 6 heteroatoms. The lowest BCUT2D eigenvalue weighted by Gasteiger charge is -2.08. The predicted molar refractivity (Wildman–Crippen MR) is 74.1 cm³/mol. The zero-order chi connectivity index (χ0) is 14.0. The summed E-state index contributed by atoms with van der Waals surface area (Å²) in [5, 5.41) is 5.21. The number of aldehydes is 1. The van der Waals surface area contributed by atoms with Gasteiger partial charge in [-0.15, -0.1) is 0 Å². The molecule has 0 aliphatic heterocycles. The predicted octanol–water partition coefficient (Wildman–Crippen LogP) is 3.43. The van der Waals surface area contributed by atoms with Gasteiger partial charge in [-0.3, -0.25) is 9.48 Å². The van der Waals surface area contributed by atoms with E-state index in [-0.39, 0.29) is 6.61 Å². The van der Waals surface area contributed by atoms with E-state index in [1.54, 1.807) is 29.9 Å². The first-order chi connectivity index (χ1) is 9.02. The van der Waals surface area contributed by atoms with Gasteiger partial charge in [0.05, 0.1) is 11.3 Å². The number of nitrogens with zero attached hydrogens (tertiary/aromatic N) is 2. The lowest BCUT2D eigenvalue weighted by Crippen LogP contribution is -1.99. The molecule has 1 aromatic carbocycles. The summed E-state index contributed by atoms with van der Waals surface area (Å²) in [5.74, 6) is 0.471. The molecule has 0 radical (unpaired) electrons. The Balaban J connectivity index is 2.21. The minimum atomic E-state index is 0.251. The van der Waals surface area contributed by atoms with Crippen LogP contribution in [0.3, 0.4) is 0 Å². The van der Waals surface area contributed by atoms with Crippen molar-refractivity contribution in [3.63, 3.8) is 0 Å². The van der Waals surface area contributed by atoms with E-state index in [0.717, 1.165) is 11.3 Å². The number of halogens is 2. The van der Waals surface area contributed by atoms with Crippen LogP contribution in [-0.4, -0.2) is 16.1 Å². The highest BCUT2D eigenvalue weighted by Gasteiger charge is 2.12. The van der Waals surface area contributed by atoms with Gasteiger partial charge in [0.15, 0.2) is 6.29 Å². The zero-order valence-electron chi connectivity index (χ0n) is 10.5. The normalized spacial score (nSPS) is 10.5. The van der Waals surface area contributed by atoms with Gasteiger partial charge >= 0.3 is 0 Å². The Morgan fingerprint density at radius 1 is 1.42 bits per heavy atom. The highest BCUT2D eigenvalue weighted by molar-refractivity contribution is 6.31. The number of aryl methyl sites for hydroxylation is 2. The monoisotopic (exact) mass is 298 g/mol. The largest absolute Gasteiger partial charge is 0.488 e. The third kappa shape index (κ3) is 2.91. The van der Waals surface area contributed by atoms with Crippen LogP contribution in [0.4, 0.5) is 0 Å². The lowest BCUT2D eigenvalue weighted by molar-refractivity contribution is 0.111. The summed E-state index contributed by atoms with van der Waals surface area (Å²) in [6.45, 7) is 2.11. The van der Waals surface area contributed by atoms with Crippen molar-refractivity contribution in [1.29, 1.82) is 0 Å². The first-order valence-electron chi connectivity index (χ1n) is 5.58. The van der Waals surface area contributed by atoms with Gasteiger partial charge in [-0.2, -0.15) is 5.10 Å². The van der Waals surface area contributed by atoms with E-state index < -0.39 is 0 Å². The molecule has 19 heavy (non-hydrogen) atoms. The van der Waals surface area contributed by atoms with Gasteiger partial charge in [-0.05, 0) is 25.1 Å². The Hall–Kier alpha value is -1.52. The Bertz CT molecular complexity index is 623. The highest BCUT2D eigenvalue weighted by Crippen LogP contribution is 2.25. The summed E-state index contributed by atoms with van der Waals surface area (Å²) < 4.78 is 7.20. The molecule has 0 unspecified atom stereocenters. The van der Waals surface area contributed by atoms with Crippen LogP contribution in [0.5, 0.6) is 5.75 Å². The molecular formula is C13H12Cl2N2O2. The van der Waals surface area contributed by atoms with Gasteiger partial charge in [0.25, 0.3) is 0 Å². The molecule has 1 aromatic heterocycles. The third-order valence-electron chi connectivity index (χ3n) is 2.74. The molecule has 0 amide bonds. The maximum atomic E-state index is 10.9. The van der Waals surface area contributed by atoms with Gasteiger partial charge in [0, 0.05) is 17.6 Å². The molecule has 0 fully saturated rings. The van der Waals surface area contributed by atoms with Gasteiger partial charge in [0.1, 0.15) is 17.5 Å². The van der Waals surface area contributed by atoms with E-state index in [4.69, 9.17) is 27.9 Å². The van der Waals surface area contributed by atoms with E-state index in [2.05, 4.69) is 5.10 Å². The Morgan fingerprint density at radius 3 is 2.74 bits per heavy atom. The molecule has 0 bridgehead atoms. The first kappa shape index (κ1) is 13.9. The summed E-state index contributed by atoms with van der Waals surface area (Å²) in [5.41, 5.74) is 2.01. The highest BCUT2D eigenvalue weighted by atomic mass is 35.5. The van der Waals surface area contributed by atoms with Crippen LogP contribution in [0.2, 0.25) is 10.2 Å². The van der Waals surface area contributed by atoms with Crippen LogP contribution in [0, 0.1) is 6.92 Å². The molecule has 0 aliphatic rings. The summed E-state index contributed by atoms with van der Waals surface area (Å²) in [4.78, 5) is 10.9. The standard InChI is InChI=1S/C13H12Cl2N2O2/c1-8-11(13(15)17(2)16-8)7-19-12-4-3-10(14)5-9(12)6-18/h3-6H,7H2,1-2H3. The van der Waals surface area contributed by atoms with Gasteiger partial charge in [0.2, 0.25) is 0 Å². The van der Waals surface area contributed by atoms with Crippen molar-refractivity contribution in [3.05, 3.63) is 45.2 Å². The molecule has 0 saturated carbocycles. The molecular weight excluding hydrogens is 287 g/mol. The van der Waals surface area contributed by atoms with Crippen molar-refractivity contribution in [2.45, 2.75) is 13.5 Å². The van der Waals surface area contributed by atoms with Crippen LogP contribution in [-0.2, 0) is 13.7 Å². The second-order valence-corrected chi connectivity index (χ2v) is 4.86. The van der Waals surface area contributed by atoms with Gasteiger partial charge in [-0.25, -0.2) is 0 Å². The van der Waals surface area contributed by atoms with E-state index >= 15 is 0 Å². The number of hydrogen-bond acceptors (Lipinski definition) is 3. The fourth-order valence-corrected chi connectivity index (χ4v) is 2.14. The average molecular weight is 299 g/mol. The Labute approximate surface area is 120 Å². The number of carbonyl (C=O) groups excluding carboxylic acids is 1. The number of carbonyl (C=O) groups is 1. The molecule has 0 saturated heterocycles. The number of ether oxygens (including phenoxy) is 1. The third-order valence-corrected chi connectivity index (χ3v) is 3.45. The van der Waals surface area contributed by atoms with Crippen molar-refractivity contribution in [2.75, 3.05) is 0 Å². The summed E-state index contributed by atoms with van der Waals surface area (Å²) in [7, 11) is 1.76. The van der Waals surface area contributed by atoms with Crippen LogP contribution >= 0.6 is 23.2 Å². The average Bonchev–Trinajstić information content (AvgIpc) is 2.62. The topological polar surface area (TPSA) is 44.1 Å². The number of aromatic nitrogens is 2. The minimum absolute atomic E-state index is 0.251. The molecule has 0 spiro atoms. The number of benzene rings is 1. The van der Waals surface area contributed by atoms with E-state index in [0.29, 0.717) is 27.8 Å². The van der Waals surface area contributed by atoms with Crippen LogP contribution < -0.4 is 4.74 Å². The molecule has 0 N–H and O–H groups in total. The van der Waals surface area contributed by atoms with Crippen molar-refractivity contribution in [1.82, 2.24) is 9.78 Å². The fraction of sp³-hybridized carbons (Fsp3) is 0.231. The summed E-state index contributed by atoms with van der Waals surface area (Å²) >= 11 is 11.9. The minimum Gasteiger partial charge on any atom is -0.488 e. The number of rotatable bonds is 4. The van der Waals surface area contributed by atoms with E-state index in [1.165, 1.54) is 0 Å². The van der Waals surface area contributed by atoms with Crippen LogP contribution in [0.25, 0.3) is 0 Å². The van der Waals surface area contributed by atoms with Crippen molar-refractivity contribution < 1.29 is 9.53 Å². The second kappa shape index (κ2) is 5.63. The van der Waals surface area contributed by atoms with Gasteiger partial charge in [-0.1, -0.05) is 23.2 Å². The lowest BCUT2D eigenvalue weighted by atomic mass is 10.2. The second-order valence-electron chi connectivity index (χ2n) is 4.07.